The Hall–Kier alpha value is 1.24. The molecular weight excluding hydrogens is 198 g/mol. The first-order valence-electron chi connectivity index (χ1n) is 2.34. The van der Waals surface area contributed by atoms with Gasteiger partial charge in [0.1, 0.15) is 5.75 Å². The smallest absolute Gasteiger partial charge is 0.134 e. The molecule has 10 heavy (non-hydrogen) atoms. The van der Waals surface area contributed by atoms with Gasteiger partial charge in [-0.05, 0) is 18.2 Å². The Balaban J connectivity index is 0.000000810. The molecule has 0 spiro atoms. The minimum absolute atomic E-state index is 0. The van der Waals surface area contributed by atoms with E-state index < -0.39 is 0 Å². The number of phenolic OH excluding ortho intramolecular Hbond substituents is 1. The van der Waals surface area contributed by atoms with Crippen LogP contribution in [0.4, 0.5) is 0 Å². The summed E-state index contributed by atoms with van der Waals surface area (Å²) in [7, 11) is 0. The van der Waals surface area contributed by atoms with E-state index in [9.17, 15) is 0 Å². The largest absolute Gasteiger partial charge is 0.506 e. The molecule has 1 aromatic rings. The number of benzene rings is 1. The second-order valence-electron chi connectivity index (χ2n) is 1.60. The van der Waals surface area contributed by atoms with Crippen molar-refractivity contribution in [1.82, 2.24) is 0 Å². The van der Waals surface area contributed by atoms with Crippen molar-refractivity contribution < 1.29 is 5.11 Å². The van der Waals surface area contributed by atoms with Crippen molar-refractivity contribution >= 4 is 74.6 Å². The zero-order valence-corrected chi connectivity index (χ0v) is 10.1. The van der Waals surface area contributed by atoms with Crippen LogP contribution in [0.2, 0.25) is 10.0 Å². The van der Waals surface area contributed by atoms with Crippen LogP contribution >= 0.6 is 23.2 Å². The van der Waals surface area contributed by atoms with Crippen LogP contribution in [0, 0.1) is 0 Å². The van der Waals surface area contributed by atoms with Gasteiger partial charge in [-0.2, -0.15) is 0 Å². The molecule has 0 aliphatic carbocycles. The number of halogens is 2. The third kappa shape index (κ3) is 3.09. The standard InChI is InChI=1S/C6H4Cl2O.K/c7-4-1-2-6(9)5(8)3-4;/h1-3,9H;. The maximum Gasteiger partial charge on any atom is 0.134 e. The molecule has 0 heterocycles. The van der Waals surface area contributed by atoms with Crippen molar-refractivity contribution in [1.29, 1.82) is 0 Å². The Morgan fingerprint density at radius 2 is 1.80 bits per heavy atom. The first kappa shape index (κ1) is 11.2. The summed E-state index contributed by atoms with van der Waals surface area (Å²) < 4.78 is 0. The second kappa shape index (κ2) is 4.98. The van der Waals surface area contributed by atoms with E-state index in [0.29, 0.717) is 5.02 Å². The molecule has 0 saturated carbocycles. The van der Waals surface area contributed by atoms with Gasteiger partial charge in [-0.3, -0.25) is 0 Å². The molecule has 1 aromatic carbocycles. The number of hydrogen-bond donors (Lipinski definition) is 1. The van der Waals surface area contributed by atoms with E-state index >= 15 is 0 Å². The Morgan fingerprint density at radius 3 is 2.20 bits per heavy atom. The van der Waals surface area contributed by atoms with Crippen molar-refractivity contribution in [2.75, 3.05) is 0 Å². The van der Waals surface area contributed by atoms with Crippen molar-refractivity contribution in [2.24, 2.45) is 0 Å². The van der Waals surface area contributed by atoms with Gasteiger partial charge < -0.3 is 5.11 Å². The molecule has 4 heteroatoms. The van der Waals surface area contributed by atoms with Crippen molar-refractivity contribution in [3.05, 3.63) is 28.2 Å². The van der Waals surface area contributed by atoms with Crippen LogP contribution in [0.5, 0.6) is 5.75 Å². The van der Waals surface area contributed by atoms with E-state index in [2.05, 4.69) is 0 Å². The molecule has 1 radical (unpaired) electrons. The number of hydrogen-bond acceptors (Lipinski definition) is 1. The molecular formula is C6H4Cl2KO. The third-order valence-corrected chi connectivity index (χ3v) is 1.45. The van der Waals surface area contributed by atoms with Crippen LogP contribution in [0.25, 0.3) is 0 Å². The van der Waals surface area contributed by atoms with Gasteiger partial charge in [0.25, 0.3) is 0 Å². The van der Waals surface area contributed by atoms with Gasteiger partial charge in [-0.1, -0.05) is 23.2 Å². The van der Waals surface area contributed by atoms with E-state index in [1.165, 1.54) is 12.1 Å². The zero-order valence-electron chi connectivity index (χ0n) is 5.44. The number of aromatic hydroxyl groups is 1. The zero-order chi connectivity index (χ0) is 6.85. The summed E-state index contributed by atoms with van der Waals surface area (Å²) >= 11 is 11.0. The Morgan fingerprint density at radius 1 is 1.20 bits per heavy atom. The summed E-state index contributed by atoms with van der Waals surface area (Å²) in [6, 6.07) is 4.51. The molecule has 0 aromatic heterocycles. The fourth-order valence-corrected chi connectivity index (χ4v) is 0.890. The van der Waals surface area contributed by atoms with Crippen LogP contribution in [0.15, 0.2) is 18.2 Å². The van der Waals surface area contributed by atoms with Crippen LogP contribution in [-0.2, 0) is 0 Å². The van der Waals surface area contributed by atoms with Crippen LogP contribution < -0.4 is 0 Å². The van der Waals surface area contributed by atoms with Gasteiger partial charge in [0.2, 0.25) is 0 Å². The van der Waals surface area contributed by atoms with Gasteiger partial charge >= 0.3 is 0 Å². The van der Waals surface area contributed by atoms with Crippen LogP contribution in [0.1, 0.15) is 0 Å². The van der Waals surface area contributed by atoms with Crippen molar-refractivity contribution in [2.45, 2.75) is 0 Å². The minimum Gasteiger partial charge on any atom is -0.506 e. The summed E-state index contributed by atoms with van der Waals surface area (Å²) in [5.74, 6) is 0.0565. The fraction of sp³-hybridized carbons (Fsp3) is 0. The second-order valence-corrected chi connectivity index (χ2v) is 2.44. The minimum atomic E-state index is 0. The maximum atomic E-state index is 8.85. The fourth-order valence-electron chi connectivity index (χ4n) is 0.481. The van der Waals surface area contributed by atoms with Crippen molar-refractivity contribution in [3.63, 3.8) is 0 Å². The average Bonchev–Trinajstić information content (AvgIpc) is 1.80. The van der Waals surface area contributed by atoms with Crippen LogP contribution in [-0.4, -0.2) is 56.5 Å². The van der Waals surface area contributed by atoms with Gasteiger partial charge in [-0.15, -0.1) is 0 Å². The molecule has 1 rings (SSSR count). The van der Waals surface area contributed by atoms with Crippen molar-refractivity contribution in [3.8, 4) is 5.75 Å². The predicted octanol–water partition coefficient (Wildman–Crippen LogP) is 2.32. The first-order chi connectivity index (χ1) is 4.20. The summed E-state index contributed by atoms with van der Waals surface area (Å²) in [6.45, 7) is 0. The summed E-state index contributed by atoms with van der Waals surface area (Å²) in [6.07, 6.45) is 0. The predicted molar refractivity (Wildman–Crippen MR) is 43.9 cm³/mol. The van der Waals surface area contributed by atoms with E-state index in [0.717, 1.165) is 0 Å². The Labute approximate surface area is 112 Å². The van der Waals surface area contributed by atoms with E-state index in [-0.39, 0.29) is 62.2 Å². The maximum absolute atomic E-state index is 8.85. The van der Waals surface area contributed by atoms with Gasteiger partial charge in [0.05, 0.1) is 5.02 Å². The van der Waals surface area contributed by atoms with E-state index in [1.807, 2.05) is 0 Å². The molecule has 0 fully saturated rings. The summed E-state index contributed by atoms with van der Waals surface area (Å²) in [5.41, 5.74) is 0. The monoisotopic (exact) mass is 201 g/mol. The molecule has 0 aliphatic rings. The molecule has 49 valence electrons. The molecule has 0 saturated heterocycles. The normalized spacial score (nSPS) is 8.60. The number of rotatable bonds is 0. The molecule has 0 aliphatic heterocycles. The van der Waals surface area contributed by atoms with E-state index in [4.69, 9.17) is 28.3 Å². The average molecular weight is 202 g/mol. The Bertz CT molecular complexity index is 227. The van der Waals surface area contributed by atoms with Gasteiger partial charge in [0, 0.05) is 56.4 Å². The first-order valence-corrected chi connectivity index (χ1v) is 3.10. The molecule has 0 unspecified atom stereocenters. The topological polar surface area (TPSA) is 20.2 Å². The van der Waals surface area contributed by atoms with Gasteiger partial charge in [-0.25, -0.2) is 0 Å². The quantitative estimate of drug-likeness (QED) is 0.640. The molecule has 1 N–H and O–H groups in total. The SMILES string of the molecule is Oc1ccc(Cl)cc1Cl.[K]. The Kier molecular flexibility index (Phi) is 5.60. The summed E-state index contributed by atoms with van der Waals surface area (Å²) in [5, 5.41) is 9.66. The van der Waals surface area contributed by atoms with E-state index in [1.54, 1.807) is 6.07 Å². The number of phenols is 1. The molecule has 0 bridgehead atoms. The molecule has 1 nitrogen and oxygen atoms in total. The molecule has 0 amide bonds. The van der Waals surface area contributed by atoms with Crippen LogP contribution in [0.3, 0.4) is 0 Å². The summed E-state index contributed by atoms with van der Waals surface area (Å²) in [4.78, 5) is 0. The molecule has 0 atom stereocenters. The van der Waals surface area contributed by atoms with Gasteiger partial charge in [0.15, 0.2) is 0 Å². The third-order valence-electron chi connectivity index (χ3n) is 0.910.